The zero-order chi connectivity index (χ0) is 22.2. The maximum absolute atomic E-state index is 13.1. The Morgan fingerprint density at radius 2 is 1.77 bits per heavy atom. The molecule has 2 bridgehead atoms. The van der Waals surface area contributed by atoms with Crippen LogP contribution < -0.4 is 15.0 Å². The van der Waals surface area contributed by atoms with E-state index in [1.165, 1.54) is 0 Å². The Labute approximate surface area is 186 Å². The normalized spacial score (nSPS) is 23.8. The van der Waals surface area contributed by atoms with E-state index in [0.29, 0.717) is 28.7 Å². The minimum Gasteiger partial charge on any atom is -0.466 e. The number of carbonyl (C=O) groups is 2. The third-order valence-corrected chi connectivity index (χ3v) is 5.88. The molecule has 2 aliphatic heterocycles. The number of anilines is 1. The minimum atomic E-state index is -1.13. The van der Waals surface area contributed by atoms with E-state index in [4.69, 9.17) is 26.4 Å². The second kappa shape index (κ2) is 8.19. The zero-order valence-electron chi connectivity index (χ0n) is 17.6. The molecule has 31 heavy (non-hydrogen) atoms. The van der Waals surface area contributed by atoms with Crippen LogP contribution in [0.3, 0.4) is 0 Å². The summed E-state index contributed by atoms with van der Waals surface area (Å²) in [7, 11) is 0. The highest BCUT2D eigenvalue weighted by molar-refractivity contribution is 7.80. The SMILES string of the molecule is CCOC(=O)c1ccc(N2C(=S)N[C@H]3c4ccccc4O[C@]2(C)[C@@H]3C(=O)OCC)cc1. The molecule has 0 aliphatic carbocycles. The lowest BCUT2D eigenvalue weighted by atomic mass is 9.79. The van der Waals surface area contributed by atoms with E-state index in [0.717, 1.165) is 5.56 Å². The molecule has 1 N–H and O–H groups in total. The fourth-order valence-corrected chi connectivity index (χ4v) is 4.69. The number of esters is 2. The van der Waals surface area contributed by atoms with Crippen molar-refractivity contribution in [2.45, 2.75) is 32.5 Å². The molecule has 2 aromatic rings. The Morgan fingerprint density at radius 1 is 1.10 bits per heavy atom. The molecule has 0 radical (unpaired) electrons. The van der Waals surface area contributed by atoms with Crippen LogP contribution in [0, 0.1) is 5.92 Å². The van der Waals surface area contributed by atoms with E-state index in [-0.39, 0.29) is 18.6 Å². The van der Waals surface area contributed by atoms with Gasteiger partial charge in [0.1, 0.15) is 11.7 Å². The first kappa shape index (κ1) is 21.1. The number of benzene rings is 2. The van der Waals surface area contributed by atoms with Crippen LogP contribution in [-0.2, 0) is 14.3 Å². The van der Waals surface area contributed by atoms with Crippen LogP contribution in [0.4, 0.5) is 5.69 Å². The van der Waals surface area contributed by atoms with Crippen LogP contribution >= 0.6 is 12.2 Å². The molecule has 1 fully saturated rings. The van der Waals surface area contributed by atoms with Crippen molar-refractivity contribution in [3.05, 3.63) is 59.7 Å². The van der Waals surface area contributed by atoms with Crippen LogP contribution in [0.1, 0.15) is 42.7 Å². The van der Waals surface area contributed by atoms with Gasteiger partial charge in [0.2, 0.25) is 5.72 Å². The van der Waals surface area contributed by atoms with E-state index in [9.17, 15) is 9.59 Å². The summed E-state index contributed by atoms with van der Waals surface area (Å²) in [5, 5.41) is 3.73. The number of fused-ring (bicyclic) bond motifs is 4. The van der Waals surface area contributed by atoms with Crippen molar-refractivity contribution in [3.63, 3.8) is 0 Å². The maximum atomic E-state index is 13.1. The Balaban J connectivity index is 1.78. The van der Waals surface area contributed by atoms with Gasteiger partial charge in [0.05, 0.1) is 24.8 Å². The van der Waals surface area contributed by atoms with Gasteiger partial charge in [0.25, 0.3) is 0 Å². The fourth-order valence-electron chi connectivity index (χ4n) is 4.27. The number of ether oxygens (including phenoxy) is 3. The molecule has 0 amide bonds. The number of hydrogen-bond donors (Lipinski definition) is 1. The van der Waals surface area contributed by atoms with E-state index in [2.05, 4.69) is 5.32 Å². The molecule has 162 valence electrons. The topological polar surface area (TPSA) is 77.1 Å². The summed E-state index contributed by atoms with van der Waals surface area (Å²) in [5.74, 6) is -0.753. The van der Waals surface area contributed by atoms with Crippen LogP contribution in [0.5, 0.6) is 5.75 Å². The molecule has 1 saturated heterocycles. The van der Waals surface area contributed by atoms with Crippen molar-refractivity contribution in [3.8, 4) is 5.75 Å². The molecule has 2 heterocycles. The summed E-state index contributed by atoms with van der Waals surface area (Å²) < 4.78 is 16.9. The summed E-state index contributed by atoms with van der Waals surface area (Å²) in [6.07, 6.45) is 0. The lowest BCUT2D eigenvalue weighted by Crippen LogP contribution is -2.71. The number of thiocarbonyl (C=S) groups is 1. The number of hydrogen-bond acceptors (Lipinski definition) is 6. The maximum Gasteiger partial charge on any atom is 0.338 e. The second-order valence-electron chi connectivity index (χ2n) is 7.45. The Kier molecular flexibility index (Phi) is 5.58. The standard InChI is InChI=1S/C23H24N2O5S/c1-4-28-20(26)14-10-12-15(13-11-14)25-22(31)24-19-16-8-6-7-9-17(16)30-23(25,3)18(19)21(27)29-5-2/h6-13,18-19H,4-5H2,1-3H3,(H,24,31)/t18-,19-,23+/m0/s1. The number of para-hydroxylation sites is 1. The fraction of sp³-hybridized carbons (Fsp3) is 0.348. The van der Waals surface area contributed by atoms with Crippen LogP contribution in [-0.4, -0.2) is 36.0 Å². The molecule has 2 aromatic carbocycles. The first-order valence-corrected chi connectivity index (χ1v) is 10.6. The van der Waals surface area contributed by atoms with Gasteiger partial charge in [-0.2, -0.15) is 0 Å². The van der Waals surface area contributed by atoms with Crippen molar-refractivity contribution in [1.29, 1.82) is 0 Å². The van der Waals surface area contributed by atoms with Crippen molar-refractivity contribution in [1.82, 2.24) is 5.32 Å². The van der Waals surface area contributed by atoms with Crippen LogP contribution in [0.2, 0.25) is 0 Å². The first-order chi connectivity index (χ1) is 14.9. The molecule has 0 aromatic heterocycles. The highest BCUT2D eigenvalue weighted by atomic mass is 32.1. The lowest BCUT2D eigenvalue weighted by molar-refractivity contribution is -0.159. The highest BCUT2D eigenvalue weighted by Gasteiger charge is 2.59. The summed E-state index contributed by atoms with van der Waals surface area (Å²) in [6, 6.07) is 14.1. The van der Waals surface area contributed by atoms with Gasteiger partial charge in [0, 0.05) is 11.3 Å². The van der Waals surface area contributed by atoms with Gasteiger partial charge in [0.15, 0.2) is 5.11 Å². The predicted molar refractivity (Wildman–Crippen MR) is 119 cm³/mol. The van der Waals surface area contributed by atoms with E-state index in [1.807, 2.05) is 31.2 Å². The molecule has 0 saturated carbocycles. The number of carbonyl (C=O) groups excluding carboxylic acids is 2. The second-order valence-corrected chi connectivity index (χ2v) is 7.84. The summed E-state index contributed by atoms with van der Waals surface area (Å²) in [6.45, 7) is 5.93. The third-order valence-electron chi connectivity index (χ3n) is 5.58. The average molecular weight is 441 g/mol. The zero-order valence-corrected chi connectivity index (χ0v) is 18.4. The Morgan fingerprint density at radius 3 is 2.45 bits per heavy atom. The molecular formula is C23H24N2O5S. The average Bonchev–Trinajstić information content (AvgIpc) is 2.74. The Hall–Kier alpha value is -3.13. The molecular weight excluding hydrogens is 416 g/mol. The van der Waals surface area contributed by atoms with E-state index in [1.54, 1.807) is 43.0 Å². The molecule has 8 heteroatoms. The molecule has 7 nitrogen and oxygen atoms in total. The van der Waals surface area contributed by atoms with Crippen molar-refractivity contribution in [2.75, 3.05) is 18.1 Å². The summed E-state index contributed by atoms with van der Waals surface area (Å²) in [4.78, 5) is 26.8. The number of nitrogens with zero attached hydrogens (tertiary/aromatic N) is 1. The minimum absolute atomic E-state index is 0.262. The molecule has 2 aliphatic rings. The molecule has 0 unspecified atom stereocenters. The largest absolute Gasteiger partial charge is 0.466 e. The predicted octanol–water partition coefficient (Wildman–Crippen LogP) is 3.59. The smallest absolute Gasteiger partial charge is 0.338 e. The van der Waals surface area contributed by atoms with E-state index >= 15 is 0 Å². The summed E-state index contributed by atoms with van der Waals surface area (Å²) in [5.41, 5.74) is 0.846. The van der Waals surface area contributed by atoms with Crippen molar-refractivity contribution >= 4 is 35.0 Å². The molecule has 3 atom stereocenters. The van der Waals surface area contributed by atoms with Gasteiger partial charge >= 0.3 is 11.9 Å². The van der Waals surface area contributed by atoms with Gasteiger partial charge in [-0.15, -0.1) is 0 Å². The summed E-state index contributed by atoms with van der Waals surface area (Å²) >= 11 is 5.69. The van der Waals surface area contributed by atoms with Gasteiger partial charge in [-0.25, -0.2) is 4.79 Å². The Bertz CT molecular complexity index is 1020. The van der Waals surface area contributed by atoms with E-state index < -0.39 is 17.6 Å². The molecule has 4 rings (SSSR count). The lowest BCUT2D eigenvalue weighted by Gasteiger charge is -2.55. The van der Waals surface area contributed by atoms with Crippen LogP contribution in [0.15, 0.2) is 48.5 Å². The van der Waals surface area contributed by atoms with Crippen molar-refractivity contribution in [2.24, 2.45) is 5.92 Å². The number of nitrogens with one attached hydrogen (secondary N) is 1. The first-order valence-electron chi connectivity index (χ1n) is 10.2. The van der Waals surface area contributed by atoms with Crippen molar-refractivity contribution < 1.29 is 23.8 Å². The third kappa shape index (κ3) is 3.50. The van der Waals surface area contributed by atoms with Gasteiger partial charge in [-0.3, -0.25) is 9.69 Å². The highest BCUT2D eigenvalue weighted by Crippen LogP contribution is 2.49. The van der Waals surface area contributed by atoms with Gasteiger partial charge in [-0.05, 0) is 63.3 Å². The monoisotopic (exact) mass is 440 g/mol. The van der Waals surface area contributed by atoms with Crippen LogP contribution in [0.25, 0.3) is 0 Å². The van der Waals surface area contributed by atoms with Gasteiger partial charge in [-0.1, -0.05) is 18.2 Å². The quantitative estimate of drug-likeness (QED) is 0.558. The van der Waals surface area contributed by atoms with Gasteiger partial charge < -0.3 is 19.5 Å². The number of rotatable bonds is 5. The molecule has 0 spiro atoms.